The molecule has 0 saturated heterocycles. The van der Waals surface area contributed by atoms with Crippen LogP contribution in [-0.4, -0.2) is 51.4 Å². The largest absolute Gasteiger partial charge is 0.373 e. The standard InChI is InChI=1S/C27H25N9O/c1-27(2,3)26(37)31-16-12-15(13-28-14-16)17-7-8-20-23(32-17)24(36-35-20)25-33-19-9-11-30-21(22(19)34-25)18-6-4-5-10-29-18/h4-14,26,31,37H,1-3H3,(H,33,34)(H,35,36). The second-order valence-corrected chi connectivity index (χ2v) is 9.90. The van der Waals surface area contributed by atoms with Gasteiger partial charge in [-0.2, -0.15) is 5.10 Å². The van der Waals surface area contributed by atoms with Crippen LogP contribution < -0.4 is 5.32 Å². The molecular weight excluding hydrogens is 466 g/mol. The monoisotopic (exact) mass is 491 g/mol. The highest BCUT2D eigenvalue weighted by atomic mass is 16.3. The van der Waals surface area contributed by atoms with E-state index in [0.29, 0.717) is 33.9 Å². The number of aromatic amines is 2. The first-order valence-electron chi connectivity index (χ1n) is 11.9. The van der Waals surface area contributed by atoms with Crippen LogP contribution in [0.5, 0.6) is 0 Å². The quantitative estimate of drug-likeness (QED) is 0.252. The second-order valence-electron chi connectivity index (χ2n) is 9.90. The summed E-state index contributed by atoms with van der Waals surface area (Å²) in [6.45, 7) is 5.89. The molecule has 10 nitrogen and oxygen atoms in total. The van der Waals surface area contributed by atoms with Gasteiger partial charge < -0.3 is 15.4 Å². The molecule has 1 atom stereocenters. The van der Waals surface area contributed by atoms with Crippen molar-refractivity contribution in [2.75, 3.05) is 5.32 Å². The van der Waals surface area contributed by atoms with E-state index >= 15 is 0 Å². The average Bonchev–Trinajstić information content (AvgIpc) is 3.52. The van der Waals surface area contributed by atoms with Crippen molar-refractivity contribution >= 4 is 27.8 Å². The average molecular weight is 492 g/mol. The number of hydrogen-bond acceptors (Lipinski definition) is 8. The number of aliphatic hydroxyl groups excluding tert-OH is 1. The first-order chi connectivity index (χ1) is 17.9. The summed E-state index contributed by atoms with van der Waals surface area (Å²) < 4.78 is 0. The predicted molar refractivity (Wildman–Crippen MR) is 142 cm³/mol. The van der Waals surface area contributed by atoms with E-state index < -0.39 is 6.23 Å². The number of H-pyrrole nitrogens is 2. The summed E-state index contributed by atoms with van der Waals surface area (Å²) in [6, 6.07) is 13.3. The molecule has 0 aliphatic rings. The van der Waals surface area contributed by atoms with Crippen molar-refractivity contribution in [2.24, 2.45) is 5.41 Å². The summed E-state index contributed by atoms with van der Waals surface area (Å²) in [4.78, 5) is 26.3. The Morgan fingerprint density at radius 2 is 1.73 bits per heavy atom. The van der Waals surface area contributed by atoms with Crippen LogP contribution in [0, 0.1) is 5.41 Å². The summed E-state index contributed by atoms with van der Waals surface area (Å²) in [5.74, 6) is 0.581. The number of rotatable bonds is 5. The lowest BCUT2D eigenvalue weighted by atomic mass is 9.94. The summed E-state index contributed by atoms with van der Waals surface area (Å²) in [7, 11) is 0. The number of nitrogens with one attached hydrogen (secondary N) is 3. The third-order valence-electron chi connectivity index (χ3n) is 6.10. The van der Waals surface area contributed by atoms with Gasteiger partial charge in [0.25, 0.3) is 0 Å². The number of aromatic nitrogens is 8. The Kier molecular flexibility index (Phi) is 5.38. The fourth-order valence-corrected chi connectivity index (χ4v) is 4.00. The van der Waals surface area contributed by atoms with Gasteiger partial charge in [0.05, 0.1) is 34.3 Å². The number of fused-ring (bicyclic) bond motifs is 2. The van der Waals surface area contributed by atoms with Crippen LogP contribution in [0.2, 0.25) is 0 Å². The zero-order valence-corrected chi connectivity index (χ0v) is 20.6. The van der Waals surface area contributed by atoms with E-state index in [1.165, 1.54) is 0 Å². The van der Waals surface area contributed by atoms with Gasteiger partial charge in [0.1, 0.15) is 23.0 Å². The van der Waals surface area contributed by atoms with Crippen molar-refractivity contribution in [3.05, 3.63) is 67.3 Å². The van der Waals surface area contributed by atoms with Gasteiger partial charge in [-0.15, -0.1) is 0 Å². The molecule has 0 bridgehead atoms. The third kappa shape index (κ3) is 4.27. The van der Waals surface area contributed by atoms with Gasteiger partial charge >= 0.3 is 0 Å². The van der Waals surface area contributed by atoms with Gasteiger partial charge in [0.15, 0.2) is 11.5 Å². The molecule has 6 heterocycles. The number of anilines is 1. The van der Waals surface area contributed by atoms with E-state index in [-0.39, 0.29) is 5.41 Å². The first-order valence-corrected chi connectivity index (χ1v) is 11.9. The van der Waals surface area contributed by atoms with Gasteiger partial charge in [-0.3, -0.25) is 20.1 Å². The molecule has 184 valence electrons. The maximum Gasteiger partial charge on any atom is 0.161 e. The molecule has 1 unspecified atom stereocenters. The Morgan fingerprint density at radius 1 is 0.865 bits per heavy atom. The number of aliphatic hydroxyl groups is 1. The van der Waals surface area contributed by atoms with Gasteiger partial charge in [0, 0.05) is 29.6 Å². The maximum atomic E-state index is 10.4. The summed E-state index contributed by atoms with van der Waals surface area (Å²) in [5.41, 5.74) is 6.98. The molecular formula is C27H25N9O. The van der Waals surface area contributed by atoms with Crippen LogP contribution in [0.25, 0.3) is 56.2 Å². The molecule has 6 aromatic heterocycles. The highest BCUT2D eigenvalue weighted by molar-refractivity contribution is 5.94. The van der Waals surface area contributed by atoms with Gasteiger partial charge in [-0.1, -0.05) is 26.8 Å². The van der Waals surface area contributed by atoms with Gasteiger partial charge in [-0.05, 0) is 36.4 Å². The molecule has 6 rings (SSSR count). The van der Waals surface area contributed by atoms with Crippen molar-refractivity contribution in [1.29, 1.82) is 0 Å². The molecule has 10 heteroatoms. The Morgan fingerprint density at radius 3 is 2.54 bits per heavy atom. The molecule has 37 heavy (non-hydrogen) atoms. The first kappa shape index (κ1) is 22.7. The van der Waals surface area contributed by atoms with Crippen molar-refractivity contribution < 1.29 is 5.11 Å². The predicted octanol–water partition coefficient (Wildman–Crippen LogP) is 4.80. The lowest BCUT2D eigenvalue weighted by Crippen LogP contribution is -2.33. The third-order valence-corrected chi connectivity index (χ3v) is 6.10. The van der Waals surface area contributed by atoms with Crippen LogP contribution in [0.4, 0.5) is 5.69 Å². The van der Waals surface area contributed by atoms with E-state index in [0.717, 1.165) is 28.0 Å². The van der Waals surface area contributed by atoms with Gasteiger partial charge in [-0.25, -0.2) is 9.97 Å². The van der Waals surface area contributed by atoms with E-state index in [1.807, 2.05) is 63.2 Å². The Bertz CT molecular complexity index is 1720. The maximum absolute atomic E-state index is 10.4. The molecule has 0 aliphatic carbocycles. The summed E-state index contributed by atoms with van der Waals surface area (Å²) in [6.07, 6.45) is 6.17. The molecule has 4 N–H and O–H groups in total. The Balaban J connectivity index is 1.40. The summed E-state index contributed by atoms with van der Waals surface area (Å²) in [5, 5.41) is 21.1. The second kappa shape index (κ2) is 8.75. The van der Waals surface area contributed by atoms with Crippen LogP contribution in [0.15, 0.2) is 67.3 Å². The molecule has 0 aliphatic heterocycles. The Hall–Kier alpha value is -4.70. The van der Waals surface area contributed by atoms with Crippen molar-refractivity contribution in [3.8, 4) is 34.2 Å². The van der Waals surface area contributed by atoms with E-state index in [4.69, 9.17) is 9.97 Å². The molecule has 0 saturated carbocycles. The number of pyridine rings is 4. The Labute approximate surface area is 212 Å². The molecule has 0 amide bonds. The van der Waals surface area contributed by atoms with Crippen molar-refractivity contribution in [3.63, 3.8) is 0 Å². The van der Waals surface area contributed by atoms with Crippen LogP contribution in [0.1, 0.15) is 20.8 Å². The zero-order valence-electron chi connectivity index (χ0n) is 20.6. The van der Waals surface area contributed by atoms with Gasteiger partial charge in [0.2, 0.25) is 0 Å². The topological polar surface area (TPSA) is 141 Å². The lowest BCUT2D eigenvalue weighted by Gasteiger charge is -2.27. The minimum atomic E-state index is -0.723. The summed E-state index contributed by atoms with van der Waals surface area (Å²) >= 11 is 0. The highest BCUT2D eigenvalue weighted by Crippen LogP contribution is 2.31. The lowest BCUT2D eigenvalue weighted by molar-refractivity contribution is 0.0880. The highest BCUT2D eigenvalue weighted by Gasteiger charge is 2.22. The fourth-order valence-electron chi connectivity index (χ4n) is 4.00. The van der Waals surface area contributed by atoms with E-state index in [2.05, 4.69) is 35.5 Å². The number of nitrogens with zero attached hydrogens (tertiary/aromatic N) is 6. The minimum absolute atomic E-state index is 0.322. The molecule has 0 aromatic carbocycles. The van der Waals surface area contributed by atoms with Crippen molar-refractivity contribution in [2.45, 2.75) is 27.0 Å². The van der Waals surface area contributed by atoms with E-state index in [1.54, 1.807) is 24.8 Å². The fraction of sp³-hybridized carbons (Fsp3) is 0.185. The normalized spacial score (nSPS) is 12.8. The SMILES string of the molecule is CC(C)(C)C(O)Nc1cncc(-c2ccc3[nH]nc(-c4nc5c(-c6ccccn6)nccc5[nH]4)c3n2)c1. The molecule has 0 spiro atoms. The van der Waals surface area contributed by atoms with Crippen LogP contribution >= 0.6 is 0 Å². The van der Waals surface area contributed by atoms with Crippen LogP contribution in [-0.2, 0) is 0 Å². The molecule has 0 radical (unpaired) electrons. The van der Waals surface area contributed by atoms with Crippen molar-refractivity contribution in [1.82, 2.24) is 40.1 Å². The molecule has 0 fully saturated rings. The number of hydrogen-bond donors (Lipinski definition) is 4. The number of imidazole rings is 1. The zero-order chi connectivity index (χ0) is 25.6. The minimum Gasteiger partial charge on any atom is -0.373 e. The van der Waals surface area contributed by atoms with Crippen LogP contribution in [0.3, 0.4) is 0 Å². The van der Waals surface area contributed by atoms with E-state index in [9.17, 15) is 5.11 Å². The smallest absolute Gasteiger partial charge is 0.161 e. The molecule has 6 aromatic rings.